The van der Waals surface area contributed by atoms with Crippen LogP contribution in [0.15, 0.2) is 18.2 Å². The van der Waals surface area contributed by atoms with Crippen LogP contribution >= 0.6 is 0 Å². The molecule has 2 aliphatic heterocycles. The molecule has 4 nitrogen and oxygen atoms in total. The summed E-state index contributed by atoms with van der Waals surface area (Å²) in [5, 5.41) is 6.32. The van der Waals surface area contributed by atoms with Crippen LogP contribution in [0.2, 0.25) is 0 Å². The lowest BCUT2D eigenvalue weighted by atomic mass is 9.81. The Bertz CT molecular complexity index is 467. The summed E-state index contributed by atoms with van der Waals surface area (Å²) >= 11 is 0. The third kappa shape index (κ3) is 1.86. The smallest absolute Gasteiger partial charge is 0.232 e. The second-order valence-electron chi connectivity index (χ2n) is 5.01. The minimum absolute atomic E-state index is 0.0213. The van der Waals surface area contributed by atoms with Crippen LogP contribution in [0.5, 0.6) is 5.75 Å². The molecule has 2 N–H and O–H groups in total. The Morgan fingerprint density at radius 3 is 2.78 bits per heavy atom. The zero-order valence-corrected chi connectivity index (χ0v) is 10.5. The van der Waals surface area contributed by atoms with Gasteiger partial charge in [0.2, 0.25) is 5.91 Å². The first-order valence-corrected chi connectivity index (χ1v) is 6.49. The van der Waals surface area contributed by atoms with Crippen molar-refractivity contribution in [2.24, 2.45) is 5.92 Å². The lowest BCUT2D eigenvalue weighted by Crippen LogP contribution is -2.33. The first-order valence-electron chi connectivity index (χ1n) is 6.49. The number of rotatable bonds is 2. The maximum atomic E-state index is 12.2. The van der Waals surface area contributed by atoms with Gasteiger partial charge in [-0.1, -0.05) is 6.07 Å². The average molecular weight is 246 g/mol. The normalized spacial score (nSPS) is 23.6. The van der Waals surface area contributed by atoms with Gasteiger partial charge in [-0.25, -0.2) is 0 Å². The molecule has 1 atom stereocenters. The molecule has 1 amide bonds. The number of hydrogen-bond acceptors (Lipinski definition) is 3. The van der Waals surface area contributed by atoms with Gasteiger partial charge in [-0.05, 0) is 43.5 Å². The molecule has 2 aliphatic rings. The van der Waals surface area contributed by atoms with E-state index in [2.05, 4.69) is 10.6 Å². The van der Waals surface area contributed by atoms with Crippen molar-refractivity contribution in [1.29, 1.82) is 0 Å². The first-order chi connectivity index (χ1) is 8.79. The molecule has 1 fully saturated rings. The number of carbonyl (C=O) groups is 1. The van der Waals surface area contributed by atoms with Gasteiger partial charge in [0.25, 0.3) is 0 Å². The van der Waals surface area contributed by atoms with E-state index in [0.29, 0.717) is 5.92 Å². The van der Waals surface area contributed by atoms with E-state index in [0.717, 1.165) is 42.9 Å². The van der Waals surface area contributed by atoms with E-state index in [1.54, 1.807) is 7.11 Å². The fourth-order valence-corrected chi connectivity index (χ4v) is 3.04. The molecule has 1 aromatic carbocycles. The van der Waals surface area contributed by atoms with Gasteiger partial charge >= 0.3 is 0 Å². The van der Waals surface area contributed by atoms with Crippen LogP contribution in [0.25, 0.3) is 0 Å². The Morgan fingerprint density at radius 2 is 2.06 bits per heavy atom. The van der Waals surface area contributed by atoms with Crippen molar-refractivity contribution >= 4 is 11.6 Å². The molecule has 3 rings (SSSR count). The fourth-order valence-electron chi connectivity index (χ4n) is 3.04. The summed E-state index contributed by atoms with van der Waals surface area (Å²) in [5.74, 6) is 1.42. The van der Waals surface area contributed by atoms with E-state index < -0.39 is 0 Å². The SMILES string of the molecule is COc1ccc2c(c1)NC(=O)C2C1CCNCC1. The van der Waals surface area contributed by atoms with Crippen molar-refractivity contribution in [2.45, 2.75) is 18.8 Å². The summed E-state index contributed by atoms with van der Waals surface area (Å²) < 4.78 is 5.19. The van der Waals surface area contributed by atoms with Gasteiger partial charge in [-0.15, -0.1) is 0 Å². The molecule has 0 spiro atoms. The number of nitrogens with one attached hydrogen (secondary N) is 2. The first kappa shape index (κ1) is 11.5. The molecule has 0 aromatic heterocycles. The molecule has 1 aromatic rings. The molecular weight excluding hydrogens is 228 g/mol. The Balaban J connectivity index is 1.91. The Hall–Kier alpha value is -1.55. The van der Waals surface area contributed by atoms with Crippen molar-refractivity contribution in [2.75, 3.05) is 25.5 Å². The number of benzene rings is 1. The standard InChI is InChI=1S/C14H18N2O2/c1-18-10-2-3-11-12(8-10)16-14(17)13(11)9-4-6-15-7-5-9/h2-3,8-9,13,15H,4-7H2,1H3,(H,16,17). The zero-order chi connectivity index (χ0) is 12.5. The molecule has 18 heavy (non-hydrogen) atoms. The molecule has 1 unspecified atom stereocenters. The number of ether oxygens (including phenoxy) is 1. The van der Waals surface area contributed by atoms with Gasteiger partial charge in [0.05, 0.1) is 13.0 Å². The van der Waals surface area contributed by atoms with Crippen LogP contribution in [-0.2, 0) is 4.79 Å². The second kappa shape index (κ2) is 4.61. The fraction of sp³-hybridized carbons (Fsp3) is 0.500. The van der Waals surface area contributed by atoms with Crippen LogP contribution < -0.4 is 15.4 Å². The molecule has 1 saturated heterocycles. The summed E-state index contributed by atoms with van der Waals surface area (Å²) in [6.45, 7) is 2.03. The lowest BCUT2D eigenvalue weighted by molar-refractivity contribution is -0.118. The minimum Gasteiger partial charge on any atom is -0.497 e. The largest absolute Gasteiger partial charge is 0.497 e. The topological polar surface area (TPSA) is 50.4 Å². The molecule has 0 aliphatic carbocycles. The van der Waals surface area contributed by atoms with Crippen molar-refractivity contribution in [3.05, 3.63) is 23.8 Å². The van der Waals surface area contributed by atoms with Crippen LogP contribution in [-0.4, -0.2) is 26.1 Å². The minimum atomic E-state index is 0.0213. The average Bonchev–Trinajstić information content (AvgIpc) is 2.74. The van der Waals surface area contributed by atoms with Gasteiger partial charge in [0.1, 0.15) is 5.75 Å². The predicted molar refractivity (Wildman–Crippen MR) is 70.0 cm³/mol. The van der Waals surface area contributed by atoms with Crippen molar-refractivity contribution in [3.63, 3.8) is 0 Å². The highest BCUT2D eigenvalue weighted by molar-refractivity contribution is 6.03. The maximum Gasteiger partial charge on any atom is 0.232 e. The molecule has 4 heteroatoms. The van der Waals surface area contributed by atoms with Crippen LogP contribution in [0, 0.1) is 5.92 Å². The van der Waals surface area contributed by atoms with Crippen molar-refractivity contribution < 1.29 is 9.53 Å². The Kier molecular flexibility index (Phi) is 2.96. The van der Waals surface area contributed by atoms with E-state index in [9.17, 15) is 4.79 Å². The predicted octanol–water partition coefficient (Wildman–Crippen LogP) is 1.73. The van der Waals surface area contributed by atoms with Gasteiger partial charge in [0.15, 0.2) is 0 Å². The van der Waals surface area contributed by atoms with E-state index in [-0.39, 0.29) is 11.8 Å². The maximum absolute atomic E-state index is 12.2. The second-order valence-corrected chi connectivity index (χ2v) is 5.01. The third-order valence-electron chi connectivity index (χ3n) is 3.99. The van der Waals surface area contributed by atoms with Gasteiger partial charge in [-0.3, -0.25) is 4.79 Å². The van der Waals surface area contributed by atoms with Crippen LogP contribution in [0.3, 0.4) is 0 Å². The molecule has 0 saturated carbocycles. The Morgan fingerprint density at radius 1 is 1.28 bits per heavy atom. The molecule has 0 radical (unpaired) electrons. The van der Waals surface area contributed by atoms with E-state index in [1.165, 1.54) is 0 Å². The number of anilines is 1. The molecular formula is C14H18N2O2. The number of amides is 1. The van der Waals surface area contributed by atoms with E-state index in [1.807, 2.05) is 18.2 Å². The zero-order valence-electron chi connectivity index (χ0n) is 10.5. The van der Waals surface area contributed by atoms with Gasteiger partial charge in [-0.2, -0.15) is 0 Å². The quantitative estimate of drug-likeness (QED) is 0.835. The molecule has 0 bridgehead atoms. The van der Waals surface area contributed by atoms with E-state index >= 15 is 0 Å². The van der Waals surface area contributed by atoms with Crippen molar-refractivity contribution in [3.8, 4) is 5.75 Å². The summed E-state index contributed by atoms with van der Waals surface area (Å²) in [5.41, 5.74) is 2.05. The van der Waals surface area contributed by atoms with Crippen LogP contribution in [0.1, 0.15) is 24.3 Å². The lowest BCUT2D eigenvalue weighted by Gasteiger charge is -2.26. The third-order valence-corrected chi connectivity index (χ3v) is 3.99. The highest BCUT2D eigenvalue weighted by Crippen LogP contribution is 2.41. The number of fused-ring (bicyclic) bond motifs is 1. The van der Waals surface area contributed by atoms with Gasteiger partial charge < -0.3 is 15.4 Å². The van der Waals surface area contributed by atoms with Crippen molar-refractivity contribution in [1.82, 2.24) is 5.32 Å². The highest BCUT2D eigenvalue weighted by Gasteiger charge is 2.37. The van der Waals surface area contributed by atoms with E-state index in [4.69, 9.17) is 4.74 Å². The molecule has 2 heterocycles. The Labute approximate surface area is 107 Å². The number of piperidine rings is 1. The summed E-state index contributed by atoms with van der Waals surface area (Å²) in [6, 6.07) is 5.88. The monoisotopic (exact) mass is 246 g/mol. The number of carbonyl (C=O) groups excluding carboxylic acids is 1. The summed E-state index contributed by atoms with van der Waals surface area (Å²) in [7, 11) is 1.64. The van der Waals surface area contributed by atoms with Gasteiger partial charge in [0, 0.05) is 11.8 Å². The van der Waals surface area contributed by atoms with Crippen LogP contribution in [0.4, 0.5) is 5.69 Å². The number of methoxy groups -OCH3 is 1. The highest BCUT2D eigenvalue weighted by atomic mass is 16.5. The summed E-state index contributed by atoms with van der Waals surface area (Å²) in [6.07, 6.45) is 2.15. The number of hydrogen-bond donors (Lipinski definition) is 2. The molecule has 96 valence electrons. The summed E-state index contributed by atoms with van der Waals surface area (Å²) in [4.78, 5) is 12.2.